The summed E-state index contributed by atoms with van der Waals surface area (Å²) in [6.07, 6.45) is 2.39. The van der Waals surface area contributed by atoms with E-state index in [1.807, 2.05) is 19.1 Å². The van der Waals surface area contributed by atoms with Crippen molar-refractivity contribution in [3.63, 3.8) is 0 Å². The molecule has 1 aromatic heterocycles. The molecule has 0 unspecified atom stereocenters. The van der Waals surface area contributed by atoms with E-state index in [1.54, 1.807) is 0 Å². The smallest absolute Gasteiger partial charge is 0.124 e. The van der Waals surface area contributed by atoms with Crippen molar-refractivity contribution in [2.45, 2.75) is 25.8 Å². The summed E-state index contributed by atoms with van der Waals surface area (Å²) in [6, 6.07) is 5.90. The Morgan fingerprint density at radius 2 is 2.29 bits per heavy atom. The largest absolute Gasteiger partial charge is 0.341 e. The predicted molar refractivity (Wildman–Crippen MR) is 65.2 cm³/mol. The number of aromatic amines is 1. The van der Waals surface area contributed by atoms with Crippen LogP contribution in [0.5, 0.6) is 0 Å². The van der Waals surface area contributed by atoms with Crippen molar-refractivity contribution in [3.8, 4) is 6.07 Å². The molecule has 3 rings (SSSR count). The van der Waals surface area contributed by atoms with Gasteiger partial charge in [-0.05, 0) is 43.4 Å². The summed E-state index contributed by atoms with van der Waals surface area (Å²) in [5.41, 5.74) is 9.56. The first-order chi connectivity index (χ1) is 8.20. The SMILES string of the molecule is Cc1c(C#N)ccc2[nH]c([C@@H](N)C3CC3)nc12. The Morgan fingerprint density at radius 3 is 2.94 bits per heavy atom. The topological polar surface area (TPSA) is 78.5 Å². The number of H-pyrrole nitrogens is 1. The molecule has 3 N–H and O–H groups in total. The molecule has 1 saturated carbocycles. The summed E-state index contributed by atoms with van der Waals surface area (Å²) in [6.45, 7) is 1.92. The van der Waals surface area contributed by atoms with Gasteiger partial charge in [0.25, 0.3) is 0 Å². The maximum atomic E-state index is 8.98. The number of imidazole rings is 1. The molecule has 1 atom stereocenters. The third kappa shape index (κ3) is 1.60. The molecule has 1 aliphatic rings. The fourth-order valence-corrected chi connectivity index (χ4v) is 2.19. The summed E-state index contributed by atoms with van der Waals surface area (Å²) in [5, 5.41) is 8.98. The normalized spacial score (nSPS) is 17.0. The van der Waals surface area contributed by atoms with E-state index in [1.165, 1.54) is 12.8 Å². The summed E-state index contributed by atoms with van der Waals surface area (Å²) in [7, 11) is 0. The second-order valence-corrected chi connectivity index (χ2v) is 4.73. The van der Waals surface area contributed by atoms with Crippen LogP contribution in [0, 0.1) is 24.2 Å². The number of benzene rings is 1. The molecule has 2 aromatic rings. The third-order valence-corrected chi connectivity index (χ3v) is 3.49. The standard InChI is InChI=1S/C13H14N4/c1-7-9(6-14)4-5-10-12(7)17-13(16-10)11(15)8-2-3-8/h4-5,8,11H,2-3,15H2,1H3,(H,16,17)/t11-/m0/s1. The minimum atomic E-state index is 0.00679. The molecule has 0 saturated heterocycles. The van der Waals surface area contributed by atoms with E-state index in [9.17, 15) is 0 Å². The van der Waals surface area contributed by atoms with E-state index in [0.717, 1.165) is 22.4 Å². The van der Waals surface area contributed by atoms with Crippen molar-refractivity contribution < 1.29 is 0 Å². The maximum absolute atomic E-state index is 8.98. The molecule has 4 nitrogen and oxygen atoms in total. The van der Waals surface area contributed by atoms with Crippen molar-refractivity contribution >= 4 is 11.0 Å². The molecule has 0 amide bonds. The van der Waals surface area contributed by atoms with Crippen LogP contribution in [0.4, 0.5) is 0 Å². The van der Waals surface area contributed by atoms with Gasteiger partial charge in [-0.2, -0.15) is 5.26 Å². The van der Waals surface area contributed by atoms with Crippen molar-refractivity contribution in [2.24, 2.45) is 11.7 Å². The lowest BCUT2D eigenvalue weighted by molar-refractivity contribution is 0.602. The summed E-state index contributed by atoms with van der Waals surface area (Å²) in [5.74, 6) is 1.42. The van der Waals surface area contributed by atoms with Gasteiger partial charge in [0.15, 0.2) is 0 Å². The zero-order valence-electron chi connectivity index (χ0n) is 9.70. The number of nitrogens with zero attached hydrogens (tertiary/aromatic N) is 2. The van der Waals surface area contributed by atoms with Crippen LogP contribution in [-0.2, 0) is 0 Å². The Kier molecular flexibility index (Phi) is 2.17. The second-order valence-electron chi connectivity index (χ2n) is 4.73. The summed E-state index contributed by atoms with van der Waals surface area (Å²) < 4.78 is 0. The van der Waals surface area contributed by atoms with Gasteiger partial charge in [-0.25, -0.2) is 4.98 Å². The van der Waals surface area contributed by atoms with Gasteiger partial charge in [-0.1, -0.05) is 0 Å². The van der Waals surface area contributed by atoms with E-state index >= 15 is 0 Å². The highest BCUT2D eigenvalue weighted by Gasteiger charge is 2.31. The number of aromatic nitrogens is 2. The van der Waals surface area contributed by atoms with E-state index in [-0.39, 0.29) is 6.04 Å². The van der Waals surface area contributed by atoms with Crippen molar-refractivity contribution in [2.75, 3.05) is 0 Å². The first kappa shape index (κ1) is 10.3. The molecule has 17 heavy (non-hydrogen) atoms. The summed E-state index contributed by atoms with van der Waals surface area (Å²) >= 11 is 0. The average Bonchev–Trinajstić information content (AvgIpc) is 3.08. The van der Waals surface area contributed by atoms with Crippen LogP contribution < -0.4 is 5.73 Å². The van der Waals surface area contributed by atoms with Crippen LogP contribution >= 0.6 is 0 Å². The van der Waals surface area contributed by atoms with E-state index in [2.05, 4.69) is 16.0 Å². The number of rotatable bonds is 2. The molecule has 0 aliphatic heterocycles. The molecule has 86 valence electrons. The molecule has 1 aliphatic carbocycles. The van der Waals surface area contributed by atoms with E-state index < -0.39 is 0 Å². The fourth-order valence-electron chi connectivity index (χ4n) is 2.19. The van der Waals surface area contributed by atoms with Gasteiger partial charge in [0.1, 0.15) is 5.82 Å². The van der Waals surface area contributed by atoms with Crippen LogP contribution in [-0.4, -0.2) is 9.97 Å². The van der Waals surface area contributed by atoms with Crippen molar-refractivity contribution in [3.05, 3.63) is 29.1 Å². The quantitative estimate of drug-likeness (QED) is 0.823. The van der Waals surface area contributed by atoms with Gasteiger partial charge >= 0.3 is 0 Å². The Bertz CT molecular complexity index is 616. The molecule has 0 spiro atoms. The first-order valence-corrected chi connectivity index (χ1v) is 5.85. The molecule has 0 bridgehead atoms. The Hall–Kier alpha value is -1.86. The molecular formula is C13H14N4. The molecule has 0 radical (unpaired) electrons. The minimum absolute atomic E-state index is 0.00679. The zero-order valence-corrected chi connectivity index (χ0v) is 9.70. The Morgan fingerprint density at radius 1 is 1.53 bits per heavy atom. The lowest BCUT2D eigenvalue weighted by Gasteiger charge is -2.04. The Labute approximate surface area is 99.5 Å². The van der Waals surface area contributed by atoms with Crippen LogP contribution in [0.1, 0.15) is 35.8 Å². The highest BCUT2D eigenvalue weighted by atomic mass is 15.0. The fraction of sp³-hybridized carbons (Fsp3) is 0.385. The second kappa shape index (κ2) is 3.57. The Balaban J connectivity index is 2.12. The number of nitriles is 1. The lowest BCUT2D eigenvalue weighted by atomic mass is 10.1. The van der Waals surface area contributed by atoms with Crippen LogP contribution in [0.25, 0.3) is 11.0 Å². The number of hydrogen-bond donors (Lipinski definition) is 2. The van der Waals surface area contributed by atoms with E-state index in [4.69, 9.17) is 11.0 Å². The summed E-state index contributed by atoms with van der Waals surface area (Å²) in [4.78, 5) is 7.81. The van der Waals surface area contributed by atoms with Crippen LogP contribution in [0.15, 0.2) is 12.1 Å². The number of nitrogens with one attached hydrogen (secondary N) is 1. The molecular weight excluding hydrogens is 212 g/mol. The number of aryl methyl sites for hydroxylation is 1. The maximum Gasteiger partial charge on any atom is 0.124 e. The van der Waals surface area contributed by atoms with Crippen LogP contribution in [0.2, 0.25) is 0 Å². The van der Waals surface area contributed by atoms with E-state index in [0.29, 0.717) is 11.5 Å². The van der Waals surface area contributed by atoms with Gasteiger partial charge in [-0.3, -0.25) is 0 Å². The third-order valence-electron chi connectivity index (χ3n) is 3.49. The predicted octanol–water partition coefficient (Wildman–Crippen LogP) is 2.15. The number of fused-ring (bicyclic) bond motifs is 1. The highest BCUT2D eigenvalue weighted by molar-refractivity contribution is 5.81. The highest BCUT2D eigenvalue weighted by Crippen LogP contribution is 2.39. The molecule has 1 fully saturated rings. The number of nitrogens with two attached hydrogens (primary N) is 1. The van der Waals surface area contributed by atoms with Gasteiger partial charge < -0.3 is 10.7 Å². The van der Waals surface area contributed by atoms with Gasteiger partial charge in [-0.15, -0.1) is 0 Å². The monoisotopic (exact) mass is 226 g/mol. The average molecular weight is 226 g/mol. The van der Waals surface area contributed by atoms with Gasteiger partial charge in [0, 0.05) is 0 Å². The molecule has 1 heterocycles. The van der Waals surface area contributed by atoms with Gasteiger partial charge in [0.2, 0.25) is 0 Å². The van der Waals surface area contributed by atoms with Crippen LogP contribution in [0.3, 0.4) is 0 Å². The number of hydrogen-bond acceptors (Lipinski definition) is 3. The van der Waals surface area contributed by atoms with Crippen molar-refractivity contribution in [1.82, 2.24) is 9.97 Å². The first-order valence-electron chi connectivity index (χ1n) is 5.85. The van der Waals surface area contributed by atoms with Crippen molar-refractivity contribution in [1.29, 1.82) is 5.26 Å². The minimum Gasteiger partial charge on any atom is -0.341 e. The zero-order chi connectivity index (χ0) is 12.0. The molecule has 1 aromatic carbocycles. The van der Waals surface area contributed by atoms with Gasteiger partial charge in [0.05, 0.1) is 28.7 Å². The molecule has 4 heteroatoms. The lowest BCUT2D eigenvalue weighted by Crippen LogP contribution is -2.13.